The maximum atomic E-state index is 13.4. The predicted molar refractivity (Wildman–Crippen MR) is 66.5 cm³/mol. The molecule has 1 heterocycles. The van der Waals surface area contributed by atoms with Gasteiger partial charge in [-0.05, 0) is 37.5 Å². The molecule has 2 atom stereocenters. The molecule has 102 valence electrons. The first-order valence-corrected chi connectivity index (χ1v) is 6.56. The van der Waals surface area contributed by atoms with E-state index in [0.29, 0.717) is 18.7 Å². The number of rotatable bonds is 4. The summed E-state index contributed by atoms with van der Waals surface area (Å²) in [6.07, 6.45) is 2.78. The van der Waals surface area contributed by atoms with Gasteiger partial charge in [0, 0.05) is 18.2 Å². The molecule has 2 fully saturated rings. The van der Waals surface area contributed by atoms with Crippen molar-refractivity contribution in [3.05, 3.63) is 29.6 Å². The largest absolute Gasteiger partial charge is 0.490 e. The zero-order valence-electron chi connectivity index (χ0n) is 10.4. The molecule has 0 aromatic heterocycles. The lowest BCUT2D eigenvalue weighted by Crippen LogP contribution is -2.17. The second-order valence-corrected chi connectivity index (χ2v) is 5.23. The first-order valence-electron chi connectivity index (χ1n) is 6.56. The van der Waals surface area contributed by atoms with Gasteiger partial charge in [-0.3, -0.25) is 4.79 Å². The predicted octanol–water partition coefficient (Wildman–Crippen LogP) is 2.10. The molecule has 1 saturated carbocycles. The van der Waals surface area contributed by atoms with E-state index in [1.807, 2.05) is 0 Å². The summed E-state index contributed by atoms with van der Waals surface area (Å²) >= 11 is 0. The van der Waals surface area contributed by atoms with Crippen LogP contribution in [0.25, 0.3) is 0 Å². The lowest BCUT2D eigenvalue weighted by atomic mass is 9.99. The second kappa shape index (κ2) is 4.81. The average Bonchev–Trinajstić information content (AvgIpc) is 3.05. The third-order valence-corrected chi connectivity index (χ3v) is 3.65. The van der Waals surface area contributed by atoms with Crippen molar-refractivity contribution in [3.63, 3.8) is 0 Å². The van der Waals surface area contributed by atoms with Crippen LogP contribution in [0.1, 0.15) is 30.9 Å². The number of aliphatic carboxylic acids is 1. The first kappa shape index (κ1) is 12.4. The van der Waals surface area contributed by atoms with Crippen molar-refractivity contribution < 1.29 is 19.0 Å². The Morgan fingerprint density at radius 3 is 2.84 bits per heavy atom. The minimum Gasteiger partial charge on any atom is -0.490 e. The van der Waals surface area contributed by atoms with Crippen LogP contribution in [0.5, 0.6) is 5.75 Å². The van der Waals surface area contributed by atoms with Gasteiger partial charge in [0.1, 0.15) is 11.6 Å². The van der Waals surface area contributed by atoms with Gasteiger partial charge < -0.3 is 15.2 Å². The van der Waals surface area contributed by atoms with E-state index in [9.17, 15) is 9.18 Å². The zero-order valence-corrected chi connectivity index (χ0v) is 10.4. The molecule has 0 bridgehead atoms. The Bertz CT molecular complexity index is 501. The molecule has 5 heteroatoms. The van der Waals surface area contributed by atoms with Crippen LogP contribution in [0, 0.1) is 11.7 Å². The highest BCUT2D eigenvalue weighted by molar-refractivity contribution is 5.71. The molecule has 2 unspecified atom stereocenters. The molecule has 0 spiro atoms. The number of carboxylic acids is 1. The lowest BCUT2D eigenvalue weighted by molar-refractivity contribution is -0.141. The number of hydrogen-bond acceptors (Lipinski definition) is 3. The van der Waals surface area contributed by atoms with Crippen molar-refractivity contribution in [2.75, 3.05) is 6.54 Å². The molecular weight excluding hydrogens is 249 g/mol. The monoisotopic (exact) mass is 265 g/mol. The number of benzene rings is 1. The van der Waals surface area contributed by atoms with E-state index in [0.717, 1.165) is 18.4 Å². The molecule has 1 aliphatic carbocycles. The normalized spacial score (nSPS) is 26.4. The van der Waals surface area contributed by atoms with Crippen molar-refractivity contribution in [2.24, 2.45) is 5.92 Å². The molecule has 0 amide bonds. The first-order chi connectivity index (χ1) is 9.13. The number of carboxylic acid groups (broad SMARTS) is 1. The van der Waals surface area contributed by atoms with Gasteiger partial charge in [-0.1, -0.05) is 0 Å². The fourth-order valence-corrected chi connectivity index (χ4v) is 2.43. The Labute approximate surface area is 110 Å². The van der Waals surface area contributed by atoms with Gasteiger partial charge >= 0.3 is 5.97 Å². The summed E-state index contributed by atoms with van der Waals surface area (Å²) < 4.78 is 19.2. The number of carbonyl (C=O) groups is 1. The Kier molecular flexibility index (Phi) is 3.14. The summed E-state index contributed by atoms with van der Waals surface area (Å²) in [4.78, 5) is 11.0. The van der Waals surface area contributed by atoms with Gasteiger partial charge in [0.25, 0.3) is 0 Å². The number of nitrogens with one attached hydrogen (secondary N) is 1. The molecule has 1 aromatic rings. The van der Waals surface area contributed by atoms with E-state index < -0.39 is 11.9 Å². The summed E-state index contributed by atoms with van der Waals surface area (Å²) in [5, 5.41) is 12.2. The number of halogens is 1. The number of hydrogen-bond donors (Lipinski definition) is 2. The van der Waals surface area contributed by atoms with Crippen molar-refractivity contribution in [2.45, 2.75) is 31.4 Å². The van der Waals surface area contributed by atoms with Crippen LogP contribution in [0.15, 0.2) is 18.2 Å². The Hall–Kier alpha value is -1.62. The van der Waals surface area contributed by atoms with E-state index in [1.54, 1.807) is 6.07 Å². The van der Waals surface area contributed by atoms with Gasteiger partial charge in [0.05, 0.1) is 12.0 Å². The molecule has 2 aliphatic rings. The SMILES string of the molecule is O=C(O)C1CNC(c2cc(F)ccc2OC2CC2)C1. The third-order valence-electron chi connectivity index (χ3n) is 3.65. The summed E-state index contributed by atoms with van der Waals surface area (Å²) in [6, 6.07) is 4.31. The van der Waals surface area contributed by atoms with Crippen molar-refractivity contribution >= 4 is 5.97 Å². The second-order valence-electron chi connectivity index (χ2n) is 5.23. The van der Waals surface area contributed by atoms with Crippen LogP contribution < -0.4 is 10.1 Å². The molecule has 4 nitrogen and oxygen atoms in total. The number of ether oxygens (including phenoxy) is 1. The average molecular weight is 265 g/mol. The summed E-state index contributed by atoms with van der Waals surface area (Å²) in [5.41, 5.74) is 0.732. The molecule has 2 N–H and O–H groups in total. The molecule has 1 aromatic carbocycles. The summed E-state index contributed by atoms with van der Waals surface area (Å²) in [7, 11) is 0. The Morgan fingerprint density at radius 2 is 2.21 bits per heavy atom. The van der Waals surface area contributed by atoms with Crippen LogP contribution >= 0.6 is 0 Å². The van der Waals surface area contributed by atoms with Crippen molar-refractivity contribution in [3.8, 4) is 5.75 Å². The van der Waals surface area contributed by atoms with Crippen LogP contribution in [0.2, 0.25) is 0 Å². The minimum atomic E-state index is -0.809. The van der Waals surface area contributed by atoms with Crippen LogP contribution in [0.4, 0.5) is 4.39 Å². The quantitative estimate of drug-likeness (QED) is 0.875. The Balaban J connectivity index is 1.82. The molecule has 19 heavy (non-hydrogen) atoms. The van der Waals surface area contributed by atoms with Crippen LogP contribution in [0.3, 0.4) is 0 Å². The molecule has 1 aliphatic heterocycles. The minimum absolute atomic E-state index is 0.148. The van der Waals surface area contributed by atoms with Gasteiger partial charge in [-0.25, -0.2) is 4.39 Å². The zero-order chi connectivity index (χ0) is 13.4. The van der Waals surface area contributed by atoms with Gasteiger partial charge in [0.2, 0.25) is 0 Å². The highest BCUT2D eigenvalue weighted by atomic mass is 19.1. The van der Waals surface area contributed by atoms with E-state index >= 15 is 0 Å². The van der Waals surface area contributed by atoms with Gasteiger partial charge in [-0.15, -0.1) is 0 Å². The summed E-state index contributed by atoms with van der Waals surface area (Å²) in [5.74, 6) is -0.871. The van der Waals surface area contributed by atoms with Crippen molar-refractivity contribution in [1.29, 1.82) is 0 Å². The standard InChI is InChI=1S/C14H16FNO3/c15-9-1-4-13(19-10-2-3-10)11(6-9)12-5-8(7-16-12)14(17)18/h1,4,6,8,10,12,16H,2-3,5,7H2,(H,17,18). The van der Waals surface area contributed by atoms with Crippen molar-refractivity contribution in [1.82, 2.24) is 5.32 Å². The fourth-order valence-electron chi connectivity index (χ4n) is 2.43. The van der Waals surface area contributed by atoms with Gasteiger partial charge in [-0.2, -0.15) is 0 Å². The Morgan fingerprint density at radius 1 is 1.42 bits per heavy atom. The van der Waals surface area contributed by atoms with Gasteiger partial charge in [0.15, 0.2) is 0 Å². The smallest absolute Gasteiger partial charge is 0.307 e. The van der Waals surface area contributed by atoms with E-state index in [2.05, 4.69) is 5.32 Å². The van der Waals surface area contributed by atoms with Crippen LogP contribution in [-0.2, 0) is 4.79 Å². The molecule has 0 radical (unpaired) electrons. The molecule has 3 rings (SSSR count). The molecular formula is C14H16FNO3. The van der Waals surface area contributed by atoms with E-state index in [-0.39, 0.29) is 18.0 Å². The lowest BCUT2D eigenvalue weighted by Gasteiger charge is -2.16. The van der Waals surface area contributed by atoms with E-state index in [4.69, 9.17) is 9.84 Å². The third kappa shape index (κ3) is 2.71. The summed E-state index contributed by atoms with van der Waals surface area (Å²) in [6.45, 7) is 0.416. The maximum Gasteiger partial charge on any atom is 0.307 e. The highest BCUT2D eigenvalue weighted by Gasteiger charge is 2.33. The highest BCUT2D eigenvalue weighted by Crippen LogP contribution is 2.36. The van der Waals surface area contributed by atoms with Crippen LogP contribution in [-0.4, -0.2) is 23.7 Å². The topological polar surface area (TPSA) is 58.6 Å². The maximum absolute atomic E-state index is 13.4. The molecule has 1 saturated heterocycles. The fraction of sp³-hybridized carbons (Fsp3) is 0.500. The van der Waals surface area contributed by atoms with E-state index in [1.165, 1.54) is 12.1 Å².